The Morgan fingerprint density at radius 2 is 2.33 bits per heavy atom. The molecule has 0 aromatic heterocycles. The van der Waals surface area contributed by atoms with E-state index in [1.165, 1.54) is 25.0 Å². The Morgan fingerprint density at radius 3 is 2.92 bits per heavy atom. The van der Waals surface area contributed by atoms with Crippen LogP contribution < -0.4 is 5.73 Å². The first-order valence-corrected chi connectivity index (χ1v) is 6.55. The Bertz CT molecular complexity index is 140. The van der Waals surface area contributed by atoms with E-state index >= 15 is 0 Å². The van der Waals surface area contributed by atoms with E-state index in [1.807, 2.05) is 0 Å². The summed E-state index contributed by atoms with van der Waals surface area (Å²) in [6.45, 7) is 5.55. The third-order valence-electron chi connectivity index (χ3n) is 2.22. The molecule has 0 saturated carbocycles. The van der Waals surface area contributed by atoms with E-state index in [0.29, 0.717) is 4.08 Å². The van der Waals surface area contributed by atoms with Crippen LogP contribution in [0.4, 0.5) is 0 Å². The van der Waals surface area contributed by atoms with Crippen LogP contribution in [0.1, 0.15) is 33.1 Å². The minimum absolute atomic E-state index is 0.455. The lowest BCUT2D eigenvalue weighted by Gasteiger charge is -2.35. The average molecular weight is 205 g/mol. The quantitative estimate of drug-likeness (QED) is 0.767. The standard InChI is InChI=1S/C9H19NS2/c1-8-4-7-11-9(2,12-8)5-3-6-10/h8H,3-7,10H2,1-2H3. The van der Waals surface area contributed by atoms with Gasteiger partial charge >= 0.3 is 0 Å². The maximum absolute atomic E-state index is 5.52. The van der Waals surface area contributed by atoms with Crippen molar-refractivity contribution in [2.75, 3.05) is 12.3 Å². The van der Waals surface area contributed by atoms with Gasteiger partial charge in [0.15, 0.2) is 0 Å². The molecule has 72 valence electrons. The topological polar surface area (TPSA) is 26.0 Å². The Morgan fingerprint density at radius 1 is 1.58 bits per heavy atom. The summed E-state index contributed by atoms with van der Waals surface area (Å²) in [6, 6.07) is 0. The Labute approximate surface area is 84.2 Å². The van der Waals surface area contributed by atoms with Gasteiger partial charge in [0.1, 0.15) is 0 Å². The van der Waals surface area contributed by atoms with Gasteiger partial charge in [0.2, 0.25) is 0 Å². The molecule has 0 spiro atoms. The number of nitrogens with two attached hydrogens (primary N) is 1. The molecule has 1 fully saturated rings. The number of rotatable bonds is 3. The predicted molar refractivity (Wildman–Crippen MR) is 60.8 cm³/mol. The summed E-state index contributed by atoms with van der Waals surface area (Å²) in [6.07, 6.45) is 3.81. The SMILES string of the molecule is CC1CCSC(C)(CCCN)S1. The molecule has 2 unspecified atom stereocenters. The molecule has 0 bridgehead atoms. The summed E-state index contributed by atoms with van der Waals surface area (Å²) in [5, 5.41) is 0.842. The molecule has 1 aliphatic rings. The Hall–Kier alpha value is 0.660. The molecule has 1 rings (SSSR count). The highest BCUT2D eigenvalue weighted by Crippen LogP contribution is 2.47. The van der Waals surface area contributed by atoms with Gasteiger partial charge in [0.25, 0.3) is 0 Å². The number of thioether (sulfide) groups is 2. The normalized spacial score (nSPS) is 36.8. The first-order chi connectivity index (χ1) is 5.66. The van der Waals surface area contributed by atoms with Crippen molar-refractivity contribution in [2.24, 2.45) is 5.73 Å². The fourth-order valence-corrected chi connectivity index (χ4v) is 5.22. The third kappa shape index (κ3) is 3.19. The zero-order valence-electron chi connectivity index (χ0n) is 8.01. The minimum atomic E-state index is 0.455. The van der Waals surface area contributed by atoms with Crippen LogP contribution in [0.15, 0.2) is 0 Å². The second-order valence-corrected chi connectivity index (χ2v) is 7.39. The van der Waals surface area contributed by atoms with Crippen LogP contribution in [0.3, 0.4) is 0 Å². The monoisotopic (exact) mass is 205 g/mol. The minimum Gasteiger partial charge on any atom is -0.330 e. The van der Waals surface area contributed by atoms with Crippen LogP contribution in [0, 0.1) is 0 Å². The van der Waals surface area contributed by atoms with E-state index in [0.717, 1.165) is 11.8 Å². The second kappa shape index (κ2) is 4.77. The molecule has 1 saturated heterocycles. The molecule has 0 amide bonds. The summed E-state index contributed by atoms with van der Waals surface area (Å²) in [5.41, 5.74) is 5.52. The van der Waals surface area contributed by atoms with Crippen molar-refractivity contribution in [3.05, 3.63) is 0 Å². The van der Waals surface area contributed by atoms with Crippen LogP contribution in [-0.4, -0.2) is 21.6 Å². The highest BCUT2D eigenvalue weighted by molar-refractivity contribution is 8.19. The molecule has 1 heterocycles. The highest BCUT2D eigenvalue weighted by atomic mass is 32.2. The summed E-state index contributed by atoms with van der Waals surface area (Å²) in [5.74, 6) is 1.33. The molecule has 0 aromatic carbocycles. The summed E-state index contributed by atoms with van der Waals surface area (Å²) >= 11 is 4.25. The Kier molecular flexibility index (Phi) is 4.27. The molecule has 0 radical (unpaired) electrons. The van der Waals surface area contributed by atoms with E-state index in [1.54, 1.807) is 0 Å². The maximum atomic E-state index is 5.52. The Balaban J connectivity index is 2.35. The highest BCUT2D eigenvalue weighted by Gasteiger charge is 2.30. The fraction of sp³-hybridized carbons (Fsp3) is 1.00. The number of hydrogen-bond acceptors (Lipinski definition) is 3. The smallest absolute Gasteiger partial charge is 0.0586 e. The second-order valence-electron chi connectivity index (χ2n) is 3.59. The van der Waals surface area contributed by atoms with E-state index in [4.69, 9.17) is 5.73 Å². The summed E-state index contributed by atoms with van der Waals surface area (Å²) in [4.78, 5) is 0. The molecule has 1 aliphatic heterocycles. The lowest BCUT2D eigenvalue weighted by atomic mass is 10.2. The van der Waals surface area contributed by atoms with Gasteiger partial charge < -0.3 is 5.73 Å². The van der Waals surface area contributed by atoms with Gasteiger partial charge in [-0.1, -0.05) is 6.92 Å². The molecular formula is C9H19NS2. The van der Waals surface area contributed by atoms with Crippen molar-refractivity contribution < 1.29 is 0 Å². The van der Waals surface area contributed by atoms with Gasteiger partial charge in [0.05, 0.1) is 4.08 Å². The zero-order valence-corrected chi connectivity index (χ0v) is 9.64. The zero-order chi connectivity index (χ0) is 9.03. The molecule has 0 aromatic rings. The number of hydrogen-bond donors (Lipinski definition) is 1. The van der Waals surface area contributed by atoms with Crippen LogP contribution in [0.2, 0.25) is 0 Å². The van der Waals surface area contributed by atoms with E-state index in [9.17, 15) is 0 Å². The van der Waals surface area contributed by atoms with Crippen molar-refractivity contribution in [3.63, 3.8) is 0 Å². The van der Waals surface area contributed by atoms with Crippen molar-refractivity contribution in [1.29, 1.82) is 0 Å². The molecule has 0 aliphatic carbocycles. The van der Waals surface area contributed by atoms with Gasteiger partial charge in [-0.2, -0.15) is 0 Å². The first kappa shape index (κ1) is 10.7. The lowest BCUT2D eigenvalue weighted by Crippen LogP contribution is -2.25. The molecule has 2 atom stereocenters. The molecule has 3 heteroatoms. The molecule has 12 heavy (non-hydrogen) atoms. The lowest BCUT2D eigenvalue weighted by molar-refractivity contribution is 0.695. The van der Waals surface area contributed by atoms with Crippen LogP contribution in [-0.2, 0) is 0 Å². The maximum Gasteiger partial charge on any atom is 0.0586 e. The van der Waals surface area contributed by atoms with E-state index in [2.05, 4.69) is 37.4 Å². The summed E-state index contributed by atoms with van der Waals surface area (Å²) in [7, 11) is 0. The summed E-state index contributed by atoms with van der Waals surface area (Å²) < 4.78 is 0.455. The fourth-order valence-electron chi connectivity index (χ4n) is 1.51. The van der Waals surface area contributed by atoms with Gasteiger partial charge in [-0.25, -0.2) is 0 Å². The average Bonchev–Trinajstić information content (AvgIpc) is 2.01. The van der Waals surface area contributed by atoms with Crippen molar-refractivity contribution in [1.82, 2.24) is 0 Å². The van der Waals surface area contributed by atoms with Crippen molar-refractivity contribution >= 4 is 23.5 Å². The molecule has 2 N–H and O–H groups in total. The van der Waals surface area contributed by atoms with Gasteiger partial charge in [-0.3, -0.25) is 0 Å². The molecular weight excluding hydrogens is 186 g/mol. The van der Waals surface area contributed by atoms with E-state index < -0.39 is 0 Å². The van der Waals surface area contributed by atoms with E-state index in [-0.39, 0.29) is 0 Å². The van der Waals surface area contributed by atoms with Crippen LogP contribution >= 0.6 is 23.5 Å². The first-order valence-electron chi connectivity index (χ1n) is 4.68. The van der Waals surface area contributed by atoms with Gasteiger partial charge in [-0.15, -0.1) is 23.5 Å². The van der Waals surface area contributed by atoms with Gasteiger partial charge in [0, 0.05) is 5.25 Å². The third-order valence-corrected chi connectivity index (χ3v) is 5.45. The predicted octanol–water partition coefficient (Wildman–Crippen LogP) is 2.70. The van der Waals surface area contributed by atoms with Crippen LogP contribution in [0.25, 0.3) is 0 Å². The van der Waals surface area contributed by atoms with Crippen LogP contribution in [0.5, 0.6) is 0 Å². The molecule has 1 nitrogen and oxygen atoms in total. The van der Waals surface area contributed by atoms with Crippen molar-refractivity contribution in [3.8, 4) is 0 Å². The van der Waals surface area contributed by atoms with Crippen molar-refractivity contribution in [2.45, 2.75) is 42.4 Å². The largest absolute Gasteiger partial charge is 0.330 e. The van der Waals surface area contributed by atoms with Gasteiger partial charge in [-0.05, 0) is 38.5 Å².